The zero-order valence-electron chi connectivity index (χ0n) is 13.7. The van der Waals surface area contributed by atoms with Gasteiger partial charge in [-0.05, 0) is 42.0 Å². The predicted molar refractivity (Wildman–Crippen MR) is 102 cm³/mol. The Morgan fingerprint density at radius 1 is 0.917 bits per heavy atom. The Morgan fingerprint density at radius 2 is 1.67 bits per heavy atom. The summed E-state index contributed by atoms with van der Waals surface area (Å²) in [5.41, 5.74) is 2.61. The van der Waals surface area contributed by atoms with E-state index in [2.05, 4.69) is 40.1 Å². The van der Waals surface area contributed by atoms with E-state index in [0.29, 0.717) is 5.02 Å². The first kappa shape index (κ1) is 16.3. The first-order valence-electron chi connectivity index (χ1n) is 8.68. The summed E-state index contributed by atoms with van der Waals surface area (Å²) in [4.78, 5) is 4.98. The summed E-state index contributed by atoms with van der Waals surface area (Å²) in [5.74, 6) is 1.60. The number of hydrogen-bond donors (Lipinski definition) is 0. The molecular weight excluding hydrogens is 339 g/mol. The SMILES string of the molecule is Clc1ccc(N2CCN(CC3C[C@@H]3c3ccccc3)CC2)c(Cl)c1. The van der Waals surface area contributed by atoms with E-state index in [-0.39, 0.29) is 0 Å². The normalized spacial score (nSPS) is 24.2. The lowest BCUT2D eigenvalue weighted by Gasteiger charge is -2.36. The van der Waals surface area contributed by atoms with E-state index in [0.717, 1.165) is 48.7 Å². The van der Waals surface area contributed by atoms with Crippen molar-refractivity contribution in [1.29, 1.82) is 0 Å². The Morgan fingerprint density at radius 3 is 2.38 bits per heavy atom. The van der Waals surface area contributed by atoms with Crippen LogP contribution in [0.2, 0.25) is 10.0 Å². The first-order valence-corrected chi connectivity index (χ1v) is 9.43. The van der Waals surface area contributed by atoms with Gasteiger partial charge in [0.2, 0.25) is 0 Å². The molecule has 1 unspecified atom stereocenters. The molecule has 0 bridgehead atoms. The Labute approximate surface area is 154 Å². The topological polar surface area (TPSA) is 6.48 Å². The van der Waals surface area contributed by atoms with Crippen molar-refractivity contribution < 1.29 is 0 Å². The highest BCUT2D eigenvalue weighted by Gasteiger charge is 2.39. The second-order valence-corrected chi connectivity index (χ2v) is 7.74. The van der Waals surface area contributed by atoms with E-state index < -0.39 is 0 Å². The molecule has 0 radical (unpaired) electrons. The number of rotatable bonds is 4. The molecule has 2 aromatic rings. The molecule has 2 aromatic carbocycles. The average molecular weight is 361 g/mol. The van der Waals surface area contributed by atoms with Crippen molar-refractivity contribution in [2.24, 2.45) is 5.92 Å². The maximum Gasteiger partial charge on any atom is 0.0654 e. The van der Waals surface area contributed by atoms with Crippen LogP contribution in [0.1, 0.15) is 17.9 Å². The minimum atomic E-state index is 0.697. The summed E-state index contributed by atoms with van der Waals surface area (Å²) in [5, 5.41) is 1.45. The van der Waals surface area contributed by atoms with Gasteiger partial charge in [-0.25, -0.2) is 0 Å². The third-order valence-corrected chi connectivity index (χ3v) is 5.80. The summed E-state index contributed by atoms with van der Waals surface area (Å²) < 4.78 is 0. The monoisotopic (exact) mass is 360 g/mol. The van der Waals surface area contributed by atoms with Crippen LogP contribution in [-0.4, -0.2) is 37.6 Å². The van der Waals surface area contributed by atoms with Crippen LogP contribution in [0.3, 0.4) is 0 Å². The molecular formula is C20H22Cl2N2. The van der Waals surface area contributed by atoms with Gasteiger partial charge >= 0.3 is 0 Å². The molecule has 0 amide bonds. The van der Waals surface area contributed by atoms with Gasteiger partial charge in [0.1, 0.15) is 0 Å². The summed E-state index contributed by atoms with van der Waals surface area (Å²) in [6.07, 6.45) is 1.34. The van der Waals surface area contributed by atoms with Gasteiger partial charge in [0.15, 0.2) is 0 Å². The van der Waals surface area contributed by atoms with Gasteiger partial charge in [-0.3, -0.25) is 4.90 Å². The van der Waals surface area contributed by atoms with E-state index >= 15 is 0 Å². The molecule has 4 heteroatoms. The highest BCUT2D eigenvalue weighted by molar-refractivity contribution is 6.36. The maximum absolute atomic E-state index is 6.34. The molecule has 2 aliphatic rings. The Bertz CT molecular complexity index is 696. The molecule has 4 rings (SSSR count). The molecule has 0 N–H and O–H groups in total. The second kappa shape index (κ2) is 6.95. The number of piperazine rings is 1. The van der Waals surface area contributed by atoms with Crippen molar-refractivity contribution >= 4 is 28.9 Å². The lowest BCUT2D eigenvalue weighted by Crippen LogP contribution is -2.47. The fourth-order valence-electron chi connectivity index (χ4n) is 3.80. The van der Waals surface area contributed by atoms with Gasteiger partial charge in [0.05, 0.1) is 10.7 Å². The largest absolute Gasteiger partial charge is 0.368 e. The minimum absolute atomic E-state index is 0.697. The van der Waals surface area contributed by atoms with Gasteiger partial charge < -0.3 is 4.90 Å². The highest BCUT2D eigenvalue weighted by atomic mass is 35.5. The van der Waals surface area contributed by atoms with E-state index in [1.165, 1.54) is 18.5 Å². The van der Waals surface area contributed by atoms with Crippen LogP contribution in [0.25, 0.3) is 0 Å². The van der Waals surface area contributed by atoms with Gasteiger partial charge in [-0.1, -0.05) is 53.5 Å². The van der Waals surface area contributed by atoms with Crippen LogP contribution in [0.5, 0.6) is 0 Å². The third kappa shape index (κ3) is 3.56. The number of nitrogens with zero attached hydrogens (tertiary/aromatic N) is 2. The standard InChI is InChI=1S/C20H22Cl2N2/c21-17-6-7-20(19(22)13-17)24-10-8-23(9-11-24)14-16-12-18(16)15-4-2-1-3-5-15/h1-7,13,16,18H,8-12,14H2/t16?,18-/m1/s1. The van der Waals surface area contributed by atoms with E-state index in [1.807, 2.05) is 18.2 Å². The van der Waals surface area contributed by atoms with E-state index in [4.69, 9.17) is 23.2 Å². The molecule has 1 aliphatic carbocycles. The Balaban J connectivity index is 1.29. The molecule has 0 spiro atoms. The molecule has 1 saturated carbocycles. The molecule has 1 aliphatic heterocycles. The van der Waals surface area contributed by atoms with Crippen LogP contribution >= 0.6 is 23.2 Å². The summed E-state index contributed by atoms with van der Waals surface area (Å²) in [6.45, 7) is 5.50. The van der Waals surface area contributed by atoms with Gasteiger partial charge in [0.25, 0.3) is 0 Å². The van der Waals surface area contributed by atoms with E-state index in [9.17, 15) is 0 Å². The third-order valence-electron chi connectivity index (χ3n) is 5.27. The van der Waals surface area contributed by atoms with Crippen LogP contribution in [0.15, 0.2) is 48.5 Å². The molecule has 1 heterocycles. The number of halogens is 2. The molecule has 0 aromatic heterocycles. The lowest BCUT2D eigenvalue weighted by atomic mass is 10.1. The predicted octanol–water partition coefficient (Wildman–Crippen LogP) is 4.92. The Kier molecular flexibility index (Phi) is 4.71. The van der Waals surface area contributed by atoms with Crippen molar-refractivity contribution in [3.05, 3.63) is 64.1 Å². The molecule has 24 heavy (non-hydrogen) atoms. The summed E-state index contributed by atoms with van der Waals surface area (Å²) >= 11 is 12.3. The van der Waals surface area contributed by atoms with E-state index in [1.54, 1.807) is 0 Å². The summed E-state index contributed by atoms with van der Waals surface area (Å²) in [7, 11) is 0. The van der Waals surface area contributed by atoms with Crippen molar-refractivity contribution in [1.82, 2.24) is 4.90 Å². The lowest BCUT2D eigenvalue weighted by molar-refractivity contribution is 0.246. The first-order chi connectivity index (χ1) is 11.7. The van der Waals surface area contributed by atoms with Gasteiger partial charge in [0, 0.05) is 37.7 Å². The highest BCUT2D eigenvalue weighted by Crippen LogP contribution is 2.47. The fraction of sp³-hybridized carbons (Fsp3) is 0.400. The quantitative estimate of drug-likeness (QED) is 0.763. The molecule has 2 nitrogen and oxygen atoms in total. The minimum Gasteiger partial charge on any atom is -0.368 e. The fourth-order valence-corrected chi connectivity index (χ4v) is 4.33. The van der Waals surface area contributed by atoms with Crippen LogP contribution < -0.4 is 4.90 Å². The van der Waals surface area contributed by atoms with Crippen LogP contribution in [0, 0.1) is 5.92 Å². The molecule has 2 atom stereocenters. The van der Waals surface area contributed by atoms with Crippen LogP contribution in [-0.2, 0) is 0 Å². The number of benzene rings is 2. The smallest absolute Gasteiger partial charge is 0.0654 e. The molecule has 126 valence electrons. The number of hydrogen-bond acceptors (Lipinski definition) is 2. The Hall–Kier alpha value is -1.22. The van der Waals surface area contributed by atoms with Crippen molar-refractivity contribution in [3.63, 3.8) is 0 Å². The second-order valence-electron chi connectivity index (χ2n) is 6.90. The molecule has 1 saturated heterocycles. The summed E-state index contributed by atoms with van der Waals surface area (Å²) in [6, 6.07) is 16.7. The zero-order valence-corrected chi connectivity index (χ0v) is 15.2. The van der Waals surface area contributed by atoms with Crippen molar-refractivity contribution in [2.45, 2.75) is 12.3 Å². The van der Waals surface area contributed by atoms with Gasteiger partial charge in [-0.15, -0.1) is 0 Å². The average Bonchev–Trinajstić information content (AvgIpc) is 3.36. The maximum atomic E-state index is 6.34. The van der Waals surface area contributed by atoms with Crippen molar-refractivity contribution in [2.75, 3.05) is 37.6 Å². The molecule has 2 fully saturated rings. The zero-order chi connectivity index (χ0) is 16.5. The van der Waals surface area contributed by atoms with Gasteiger partial charge in [-0.2, -0.15) is 0 Å². The van der Waals surface area contributed by atoms with Crippen LogP contribution in [0.4, 0.5) is 5.69 Å². The van der Waals surface area contributed by atoms with Crippen molar-refractivity contribution in [3.8, 4) is 0 Å². The number of anilines is 1.